The predicted molar refractivity (Wildman–Crippen MR) is 74.1 cm³/mol. The SMILES string of the molecule is Cc1nc(NS(=O)(=O)NC2CCCCC2)sc1C. The fourth-order valence-corrected chi connectivity index (χ4v) is 4.27. The van der Waals surface area contributed by atoms with Gasteiger partial charge < -0.3 is 0 Å². The monoisotopic (exact) mass is 289 g/mol. The highest BCUT2D eigenvalue weighted by Gasteiger charge is 2.20. The number of hydrogen-bond acceptors (Lipinski definition) is 4. The van der Waals surface area contributed by atoms with Crippen molar-refractivity contribution in [3.05, 3.63) is 10.6 Å². The van der Waals surface area contributed by atoms with Crippen LogP contribution in [0.4, 0.5) is 5.13 Å². The van der Waals surface area contributed by atoms with Crippen molar-refractivity contribution in [2.75, 3.05) is 4.72 Å². The van der Waals surface area contributed by atoms with E-state index in [1.165, 1.54) is 17.8 Å². The van der Waals surface area contributed by atoms with Crippen LogP contribution in [-0.2, 0) is 10.2 Å². The third kappa shape index (κ3) is 3.66. The van der Waals surface area contributed by atoms with Crippen LogP contribution in [0.1, 0.15) is 42.7 Å². The Kier molecular flexibility index (Phi) is 4.24. The molecular formula is C11H19N3O2S2. The summed E-state index contributed by atoms with van der Waals surface area (Å²) in [5.74, 6) is 0. The number of hydrogen-bond donors (Lipinski definition) is 2. The summed E-state index contributed by atoms with van der Waals surface area (Å²) in [7, 11) is -3.49. The molecule has 0 radical (unpaired) electrons. The molecule has 1 aromatic rings. The molecule has 2 N–H and O–H groups in total. The van der Waals surface area contributed by atoms with Gasteiger partial charge in [0.2, 0.25) is 0 Å². The summed E-state index contributed by atoms with van der Waals surface area (Å²) in [4.78, 5) is 5.21. The first-order valence-electron chi connectivity index (χ1n) is 6.20. The molecule has 0 aliphatic heterocycles. The minimum atomic E-state index is -3.49. The Labute approximate surface area is 112 Å². The normalized spacial score (nSPS) is 17.9. The van der Waals surface area contributed by atoms with Crippen LogP contribution < -0.4 is 9.44 Å². The molecule has 0 aromatic carbocycles. The van der Waals surface area contributed by atoms with Gasteiger partial charge in [0.25, 0.3) is 0 Å². The molecule has 2 rings (SSSR count). The van der Waals surface area contributed by atoms with E-state index in [2.05, 4.69) is 14.4 Å². The fourth-order valence-electron chi connectivity index (χ4n) is 2.10. The van der Waals surface area contributed by atoms with Gasteiger partial charge in [0.05, 0.1) is 5.69 Å². The van der Waals surface area contributed by atoms with Crippen LogP contribution in [0.15, 0.2) is 0 Å². The van der Waals surface area contributed by atoms with Crippen LogP contribution in [0.5, 0.6) is 0 Å². The molecule has 0 spiro atoms. The van der Waals surface area contributed by atoms with Crippen LogP contribution >= 0.6 is 11.3 Å². The Morgan fingerprint density at radius 3 is 2.44 bits per heavy atom. The summed E-state index contributed by atoms with van der Waals surface area (Å²) in [5.41, 5.74) is 0.871. The molecule has 18 heavy (non-hydrogen) atoms. The molecule has 0 amide bonds. The molecule has 1 aromatic heterocycles. The van der Waals surface area contributed by atoms with Crippen LogP contribution in [0.25, 0.3) is 0 Å². The fraction of sp³-hybridized carbons (Fsp3) is 0.727. The first kappa shape index (κ1) is 13.8. The maximum Gasteiger partial charge on any atom is 0.301 e. The molecule has 5 nitrogen and oxygen atoms in total. The lowest BCUT2D eigenvalue weighted by Gasteiger charge is -2.22. The Hall–Kier alpha value is -0.660. The minimum absolute atomic E-state index is 0.0680. The topological polar surface area (TPSA) is 71.1 Å². The molecule has 0 saturated heterocycles. The zero-order chi connectivity index (χ0) is 13.2. The predicted octanol–water partition coefficient (Wildman–Crippen LogP) is 2.34. The van der Waals surface area contributed by atoms with Gasteiger partial charge in [-0.2, -0.15) is 13.1 Å². The molecule has 102 valence electrons. The second-order valence-corrected chi connectivity index (χ2v) is 7.37. The van der Waals surface area contributed by atoms with E-state index in [9.17, 15) is 8.42 Å². The maximum absolute atomic E-state index is 11.9. The second kappa shape index (κ2) is 5.54. The van der Waals surface area contributed by atoms with Gasteiger partial charge in [-0.05, 0) is 26.7 Å². The number of aromatic nitrogens is 1. The molecular weight excluding hydrogens is 270 g/mol. The molecule has 0 unspecified atom stereocenters. The first-order chi connectivity index (χ1) is 8.46. The smallest absolute Gasteiger partial charge is 0.246 e. The summed E-state index contributed by atoms with van der Waals surface area (Å²) < 4.78 is 29.1. The highest BCUT2D eigenvalue weighted by atomic mass is 32.2. The van der Waals surface area contributed by atoms with Crippen molar-refractivity contribution in [3.63, 3.8) is 0 Å². The lowest BCUT2D eigenvalue weighted by atomic mass is 9.96. The van der Waals surface area contributed by atoms with Crippen LogP contribution in [0, 0.1) is 13.8 Å². The van der Waals surface area contributed by atoms with Gasteiger partial charge in [-0.25, -0.2) is 9.71 Å². The van der Waals surface area contributed by atoms with Crippen molar-refractivity contribution in [1.82, 2.24) is 9.71 Å². The van der Waals surface area contributed by atoms with Crippen molar-refractivity contribution < 1.29 is 8.42 Å². The zero-order valence-electron chi connectivity index (χ0n) is 10.7. The van der Waals surface area contributed by atoms with Gasteiger partial charge in [0.15, 0.2) is 5.13 Å². The molecule has 1 aliphatic carbocycles. The van der Waals surface area contributed by atoms with E-state index in [4.69, 9.17) is 0 Å². The van der Waals surface area contributed by atoms with Gasteiger partial charge in [0, 0.05) is 10.9 Å². The largest absolute Gasteiger partial charge is 0.301 e. The average molecular weight is 289 g/mol. The number of nitrogens with zero attached hydrogens (tertiary/aromatic N) is 1. The van der Waals surface area contributed by atoms with Gasteiger partial charge in [-0.15, -0.1) is 11.3 Å². The highest BCUT2D eigenvalue weighted by molar-refractivity contribution is 7.91. The number of rotatable bonds is 4. The van der Waals surface area contributed by atoms with Gasteiger partial charge in [-0.1, -0.05) is 19.3 Å². The lowest BCUT2D eigenvalue weighted by molar-refractivity contribution is 0.413. The van der Waals surface area contributed by atoms with Gasteiger partial charge in [-0.3, -0.25) is 0 Å². The Morgan fingerprint density at radius 1 is 1.22 bits per heavy atom. The van der Waals surface area contributed by atoms with Crippen molar-refractivity contribution in [3.8, 4) is 0 Å². The lowest BCUT2D eigenvalue weighted by Crippen LogP contribution is -2.39. The van der Waals surface area contributed by atoms with E-state index >= 15 is 0 Å². The van der Waals surface area contributed by atoms with E-state index < -0.39 is 10.2 Å². The third-order valence-electron chi connectivity index (χ3n) is 3.18. The third-order valence-corrected chi connectivity index (χ3v) is 5.40. The van der Waals surface area contributed by atoms with Gasteiger partial charge >= 0.3 is 10.2 Å². The van der Waals surface area contributed by atoms with E-state index in [-0.39, 0.29) is 6.04 Å². The molecule has 1 saturated carbocycles. The quantitative estimate of drug-likeness (QED) is 0.893. The Bertz CT molecular complexity index is 485. The zero-order valence-corrected chi connectivity index (χ0v) is 12.3. The van der Waals surface area contributed by atoms with E-state index in [0.717, 1.165) is 36.3 Å². The number of nitrogens with one attached hydrogen (secondary N) is 2. The Morgan fingerprint density at radius 2 is 1.89 bits per heavy atom. The van der Waals surface area contributed by atoms with E-state index in [1.54, 1.807) is 0 Å². The number of anilines is 1. The minimum Gasteiger partial charge on any atom is -0.246 e. The van der Waals surface area contributed by atoms with Crippen molar-refractivity contribution in [2.45, 2.75) is 52.0 Å². The van der Waals surface area contributed by atoms with Crippen molar-refractivity contribution >= 4 is 26.7 Å². The summed E-state index contributed by atoms with van der Waals surface area (Å²) in [6.45, 7) is 3.80. The standard InChI is InChI=1S/C11H19N3O2S2/c1-8-9(2)17-11(12-8)14-18(15,16)13-10-6-4-3-5-7-10/h10,13H,3-7H2,1-2H3,(H,12,14). The molecule has 0 atom stereocenters. The second-order valence-electron chi connectivity index (χ2n) is 4.72. The first-order valence-corrected chi connectivity index (χ1v) is 8.50. The number of thiazole rings is 1. The van der Waals surface area contributed by atoms with E-state index in [0.29, 0.717) is 5.13 Å². The van der Waals surface area contributed by atoms with Crippen molar-refractivity contribution in [2.24, 2.45) is 0 Å². The maximum atomic E-state index is 11.9. The summed E-state index contributed by atoms with van der Waals surface area (Å²) >= 11 is 1.36. The van der Waals surface area contributed by atoms with Crippen molar-refractivity contribution in [1.29, 1.82) is 0 Å². The molecule has 1 fully saturated rings. The Balaban J connectivity index is 1.98. The number of aryl methyl sites for hydroxylation is 2. The summed E-state index contributed by atoms with van der Waals surface area (Å²) in [6, 6.07) is 0.0680. The molecule has 7 heteroatoms. The summed E-state index contributed by atoms with van der Waals surface area (Å²) in [6.07, 6.45) is 5.26. The molecule has 1 heterocycles. The molecule has 0 bridgehead atoms. The summed E-state index contributed by atoms with van der Waals surface area (Å²) in [5, 5.41) is 0.438. The highest BCUT2D eigenvalue weighted by Crippen LogP contribution is 2.23. The molecule has 1 aliphatic rings. The van der Waals surface area contributed by atoms with Crippen LogP contribution in [0.3, 0.4) is 0 Å². The van der Waals surface area contributed by atoms with Crippen LogP contribution in [-0.4, -0.2) is 19.4 Å². The van der Waals surface area contributed by atoms with E-state index in [1.807, 2.05) is 13.8 Å². The van der Waals surface area contributed by atoms with Crippen LogP contribution in [0.2, 0.25) is 0 Å². The average Bonchev–Trinajstić information content (AvgIpc) is 2.57. The van der Waals surface area contributed by atoms with Gasteiger partial charge in [0.1, 0.15) is 0 Å².